The molecule has 5 heteroatoms. The summed E-state index contributed by atoms with van der Waals surface area (Å²) in [5.41, 5.74) is 0. The van der Waals surface area contributed by atoms with Crippen molar-refractivity contribution in [1.82, 2.24) is 9.80 Å². The van der Waals surface area contributed by atoms with Gasteiger partial charge in [-0.05, 0) is 51.1 Å². The molecule has 24 heavy (non-hydrogen) atoms. The molecular weight excluding hydrogens is 304 g/mol. The highest BCUT2D eigenvalue weighted by atomic mass is 16.5. The highest BCUT2D eigenvalue weighted by Crippen LogP contribution is 2.28. The number of rotatable bonds is 6. The number of carbonyl (C=O) groups excluding carboxylic acids is 1. The summed E-state index contributed by atoms with van der Waals surface area (Å²) in [6.07, 6.45) is 9.78. The molecule has 3 fully saturated rings. The van der Waals surface area contributed by atoms with E-state index in [2.05, 4.69) is 4.90 Å². The van der Waals surface area contributed by atoms with E-state index in [1.165, 1.54) is 38.8 Å². The Morgan fingerprint density at radius 2 is 1.71 bits per heavy atom. The lowest BCUT2D eigenvalue weighted by molar-refractivity contribution is -0.143. The maximum Gasteiger partial charge on any atom is 0.251 e. The second-order valence-corrected chi connectivity index (χ2v) is 7.81. The zero-order chi connectivity index (χ0) is 16.8. The summed E-state index contributed by atoms with van der Waals surface area (Å²) in [6, 6.07) is 0. The average molecular weight is 338 g/mol. The third-order valence-electron chi connectivity index (χ3n) is 6.02. The number of aliphatic hydroxyl groups excluding tert-OH is 1. The summed E-state index contributed by atoms with van der Waals surface area (Å²) >= 11 is 0. The van der Waals surface area contributed by atoms with E-state index < -0.39 is 6.10 Å². The van der Waals surface area contributed by atoms with Crippen molar-refractivity contribution in [2.24, 2.45) is 5.92 Å². The van der Waals surface area contributed by atoms with Gasteiger partial charge in [0.1, 0.15) is 6.10 Å². The molecule has 1 N–H and O–H groups in total. The Bertz CT molecular complexity index is 392. The molecule has 1 amide bonds. The van der Waals surface area contributed by atoms with Gasteiger partial charge in [0.15, 0.2) is 0 Å². The quantitative estimate of drug-likeness (QED) is 0.805. The Labute approximate surface area is 146 Å². The molecule has 0 aromatic carbocycles. The van der Waals surface area contributed by atoms with Gasteiger partial charge in [0, 0.05) is 19.6 Å². The molecule has 0 spiro atoms. The number of aliphatic hydroxyl groups is 1. The van der Waals surface area contributed by atoms with Crippen LogP contribution < -0.4 is 0 Å². The first-order chi connectivity index (χ1) is 11.7. The van der Waals surface area contributed by atoms with Gasteiger partial charge in [0.25, 0.3) is 5.91 Å². The molecule has 2 saturated heterocycles. The number of nitrogens with zero attached hydrogens (tertiary/aromatic N) is 2. The minimum absolute atomic E-state index is 0.0657. The van der Waals surface area contributed by atoms with Gasteiger partial charge in [0.05, 0.1) is 12.7 Å². The van der Waals surface area contributed by atoms with Crippen LogP contribution >= 0.6 is 0 Å². The summed E-state index contributed by atoms with van der Waals surface area (Å²) in [5, 5.41) is 10.4. The molecule has 0 radical (unpaired) electrons. The van der Waals surface area contributed by atoms with Gasteiger partial charge in [-0.3, -0.25) is 4.79 Å². The smallest absolute Gasteiger partial charge is 0.251 e. The van der Waals surface area contributed by atoms with Crippen LogP contribution in [0.1, 0.15) is 57.8 Å². The van der Waals surface area contributed by atoms with Crippen molar-refractivity contribution in [3.8, 4) is 0 Å². The third kappa shape index (κ3) is 4.93. The van der Waals surface area contributed by atoms with Gasteiger partial charge >= 0.3 is 0 Å². The molecule has 0 aromatic rings. The van der Waals surface area contributed by atoms with Gasteiger partial charge in [-0.2, -0.15) is 0 Å². The number of carbonyl (C=O) groups is 1. The van der Waals surface area contributed by atoms with Crippen molar-refractivity contribution in [2.75, 3.05) is 39.3 Å². The van der Waals surface area contributed by atoms with E-state index in [0.717, 1.165) is 51.8 Å². The van der Waals surface area contributed by atoms with E-state index in [4.69, 9.17) is 4.74 Å². The number of ether oxygens (including phenoxy) is 1. The summed E-state index contributed by atoms with van der Waals surface area (Å²) in [6.45, 7) is 5.56. The number of hydrogen-bond donors (Lipinski definition) is 1. The maximum absolute atomic E-state index is 12.5. The van der Waals surface area contributed by atoms with Crippen LogP contribution in [0.5, 0.6) is 0 Å². The topological polar surface area (TPSA) is 53.0 Å². The van der Waals surface area contributed by atoms with Gasteiger partial charge in [-0.1, -0.05) is 25.7 Å². The summed E-state index contributed by atoms with van der Waals surface area (Å²) in [7, 11) is 0. The fourth-order valence-electron chi connectivity index (χ4n) is 4.43. The van der Waals surface area contributed by atoms with E-state index in [1.807, 2.05) is 4.90 Å². The van der Waals surface area contributed by atoms with E-state index in [0.29, 0.717) is 6.54 Å². The van der Waals surface area contributed by atoms with Crippen LogP contribution in [-0.2, 0) is 9.53 Å². The average Bonchev–Trinajstić information content (AvgIpc) is 3.11. The predicted molar refractivity (Wildman–Crippen MR) is 93.8 cm³/mol. The molecule has 2 aliphatic heterocycles. The zero-order valence-corrected chi connectivity index (χ0v) is 15.0. The summed E-state index contributed by atoms with van der Waals surface area (Å²) in [4.78, 5) is 16.8. The summed E-state index contributed by atoms with van der Waals surface area (Å²) in [5.74, 6) is 0.106. The minimum Gasteiger partial charge on any atom is -0.383 e. The molecular formula is C19H34N2O3. The van der Waals surface area contributed by atoms with Crippen molar-refractivity contribution in [3.05, 3.63) is 0 Å². The van der Waals surface area contributed by atoms with Gasteiger partial charge in [0.2, 0.25) is 0 Å². The molecule has 1 saturated carbocycles. The van der Waals surface area contributed by atoms with Crippen LogP contribution in [0.3, 0.4) is 0 Å². The molecule has 5 nitrogen and oxygen atoms in total. The number of hydrogen-bond acceptors (Lipinski definition) is 4. The Morgan fingerprint density at radius 1 is 1.00 bits per heavy atom. The molecule has 3 rings (SSSR count). The molecule has 138 valence electrons. The molecule has 0 aromatic heterocycles. The second-order valence-electron chi connectivity index (χ2n) is 7.81. The fraction of sp³-hybridized carbons (Fsp3) is 0.947. The first kappa shape index (κ1) is 18.2. The summed E-state index contributed by atoms with van der Waals surface area (Å²) < 4.78 is 5.99. The molecule has 0 bridgehead atoms. The molecule has 3 aliphatic rings. The first-order valence-corrected chi connectivity index (χ1v) is 10.0. The number of amides is 1. The molecule has 2 heterocycles. The van der Waals surface area contributed by atoms with Crippen LogP contribution in [0.2, 0.25) is 0 Å². The van der Waals surface area contributed by atoms with Crippen molar-refractivity contribution in [1.29, 1.82) is 0 Å². The van der Waals surface area contributed by atoms with Gasteiger partial charge < -0.3 is 19.6 Å². The lowest BCUT2D eigenvalue weighted by Gasteiger charge is -2.29. The van der Waals surface area contributed by atoms with Crippen molar-refractivity contribution in [2.45, 2.75) is 70.0 Å². The number of piperidine rings is 1. The normalized spacial score (nSPS) is 28.2. The van der Waals surface area contributed by atoms with Crippen LogP contribution in [0.25, 0.3) is 0 Å². The lowest BCUT2D eigenvalue weighted by atomic mass is 9.85. The van der Waals surface area contributed by atoms with Crippen LogP contribution in [0.4, 0.5) is 0 Å². The Kier molecular flexibility index (Phi) is 6.93. The zero-order valence-electron chi connectivity index (χ0n) is 15.0. The second kappa shape index (κ2) is 9.16. The van der Waals surface area contributed by atoms with Crippen molar-refractivity contribution in [3.63, 3.8) is 0 Å². The SMILES string of the molecule is O=C(C(O)C1CCCCC1)N1CCC(OCCN2CCCCC2)C1. The first-order valence-electron chi connectivity index (χ1n) is 10.0. The Balaban J connectivity index is 1.35. The highest BCUT2D eigenvalue weighted by Gasteiger charge is 2.34. The lowest BCUT2D eigenvalue weighted by Crippen LogP contribution is -2.42. The van der Waals surface area contributed by atoms with Crippen molar-refractivity contribution >= 4 is 5.91 Å². The van der Waals surface area contributed by atoms with E-state index >= 15 is 0 Å². The van der Waals surface area contributed by atoms with Crippen LogP contribution in [-0.4, -0.2) is 72.4 Å². The monoisotopic (exact) mass is 338 g/mol. The van der Waals surface area contributed by atoms with Gasteiger partial charge in [-0.15, -0.1) is 0 Å². The maximum atomic E-state index is 12.5. The third-order valence-corrected chi connectivity index (χ3v) is 6.02. The Morgan fingerprint density at radius 3 is 2.46 bits per heavy atom. The Hall–Kier alpha value is -0.650. The van der Waals surface area contributed by atoms with Crippen molar-refractivity contribution < 1.29 is 14.6 Å². The standard InChI is InChI=1S/C19H34N2O3/c22-18(16-7-3-1-4-8-16)19(23)21-12-9-17(15-21)24-14-13-20-10-5-2-6-11-20/h16-18,22H,1-15H2. The van der Waals surface area contributed by atoms with Gasteiger partial charge in [-0.25, -0.2) is 0 Å². The highest BCUT2D eigenvalue weighted by molar-refractivity contribution is 5.81. The fourth-order valence-corrected chi connectivity index (χ4v) is 4.43. The van der Waals surface area contributed by atoms with Crippen LogP contribution in [0.15, 0.2) is 0 Å². The predicted octanol–water partition coefficient (Wildman–Crippen LogP) is 2.03. The molecule has 2 atom stereocenters. The number of likely N-dealkylation sites (tertiary alicyclic amines) is 2. The molecule has 2 unspecified atom stereocenters. The van der Waals surface area contributed by atoms with E-state index in [-0.39, 0.29) is 17.9 Å². The largest absolute Gasteiger partial charge is 0.383 e. The van der Waals surface area contributed by atoms with Crippen LogP contribution in [0, 0.1) is 5.92 Å². The molecule has 1 aliphatic carbocycles. The van der Waals surface area contributed by atoms with E-state index in [1.54, 1.807) is 0 Å². The minimum atomic E-state index is -0.794. The van der Waals surface area contributed by atoms with E-state index in [9.17, 15) is 9.90 Å².